The van der Waals surface area contributed by atoms with E-state index in [0.29, 0.717) is 5.69 Å². The highest BCUT2D eigenvalue weighted by Gasteiger charge is 2.25. The summed E-state index contributed by atoms with van der Waals surface area (Å²) >= 11 is 1.61. The van der Waals surface area contributed by atoms with Gasteiger partial charge in [0.05, 0.1) is 22.9 Å². The number of hydrogen-bond donors (Lipinski definition) is 2. The lowest BCUT2D eigenvalue weighted by Crippen LogP contribution is -2.30. The van der Waals surface area contributed by atoms with Crippen molar-refractivity contribution in [2.24, 2.45) is 0 Å². The van der Waals surface area contributed by atoms with E-state index in [1.54, 1.807) is 23.7 Å². The summed E-state index contributed by atoms with van der Waals surface area (Å²) < 4.78 is 5.45. The number of fused-ring (bicyclic) bond motifs is 1. The molecule has 0 aromatic carbocycles. The number of amides is 1. The fraction of sp³-hybridized carbons (Fsp3) is 0.250. The summed E-state index contributed by atoms with van der Waals surface area (Å²) in [6, 6.07) is 7.72. The van der Waals surface area contributed by atoms with Crippen molar-refractivity contribution >= 4 is 17.2 Å². The molecule has 0 saturated carbocycles. The van der Waals surface area contributed by atoms with Crippen LogP contribution >= 0.6 is 11.3 Å². The van der Waals surface area contributed by atoms with Gasteiger partial charge in [0.1, 0.15) is 5.76 Å². The van der Waals surface area contributed by atoms with Crippen LogP contribution in [-0.4, -0.2) is 16.1 Å². The van der Waals surface area contributed by atoms with Crippen molar-refractivity contribution in [2.75, 3.05) is 0 Å². The maximum absolute atomic E-state index is 12.4. The van der Waals surface area contributed by atoms with Crippen LogP contribution in [0.4, 0.5) is 0 Å². The molecule has 0 fully saturated rings. The highest BCUT2D eigenvalue weighted by atomic mass is 32.1. The number of aryl methyl sites for hydroxylation is 1. The van der Waals surface area contributed by atoms with Gasteiger partial charge in [-0.15, -0.1) is 11.3 Å². The molecule has 0 spiro atoms. The number of nitrogens with one attached hydrogen (secondary N) is 2. The van der Waals surface area contributed by atoms with Crippen molar-refractivity contribution in [3.05, 3.63) is 52.9 Å². The van der Waals surface area contributed by atoms with Crippen molar-refractivity contribution in [1.29, 1.82) is 0 Å². The maximum Gasteiger partial charge on any atom is 0.272 e. The van der Waals surface area contributed by atoms with E-state index in [1.165, 1.54) is 0 Å². The number of carbonyl (C=O) groups excluding carboxylic acids is 1. The molecule has 5 nitrogen and oxygen atoms in total. The Morgan fingerprint density at radius 3 is 3.27 bits per heavy atom. The van der Waals surface area contributed by atoms with Crippen molar-refractivity contribution in [2.45, 2.75) is 25.3 Å². The first-order chi connectivity index (χ1) is 10.8. The first-order valence-corrected chi connectivity index (χ1v) is 8.15. The van der Waals surface area contributed by atoms with Crippen LogP contribution in [0.25, 0.3) is 10.6 Å². The molecule has 1 unspecified atom stereocenters. The highest BCUT2D eigenvalue weighted by Crippen LogP contribution is 2.30. The van der Waals surface area contributed by atoms with E-state index >= 15 is 0 Å². The van der Waals surface area contributed by atoms with Crippen molar-refractivity contribution in [3.8, 4) is 10.6 Å². The molecule has 1 amide bonds. The molecule has 3 heterocycles. The zero-order valence-corrected chi connectivity index (χ0v) is 12.7. The number of rotatable bonds is 3. The molecule has 1 aliphatic rings. The fourth-order valence-electron chi connectivity index (χ4n) is 2.86. The fourth-order valence-corrected chi connectivity index (χ4v) is 3.56. The summed E-state index contributed by atoms with van der Waals surface area (Å²) in [7, 11) is 0. The van der Waals surface area contributed by atoms with Crippen LogP contribution in [0.3, 0.4) is 0 Å². The van der Waals surface area contributed by atoms with Gasteiger partial charge in [0, 0.05) is 12.0 Å². The van der Waals surface area contributed by atoms with Gasteiger partial charge in [0.25, 0.3) is 5.91 Å². The zero-order chi connectivity index (χ0) is 14.9. The molecule has 0 bridgehead atoms. The first kappa shape index (κ1) is 13.3. The van der Waals surface area contributed by atoms with Gasteiger partial charge >= 0.3 is 0 Å². The minimum absolute atomic E-state index is 0.0110. The molecule has 0 radical (unpaired) electrons. The van der Waals surface area contributed by atoms with Gasteiger partial charge in [0.15, 0.2) is 5.69 Å². The Bertz CT molecular complexity index is 788. The van der Waals surface area contributed by atoms with Gasteiger partial charge in [-0.25, -0.2) is 0 Å². The van der Waals surface area contributed by atoms with Crippen LogP contribution < -0.4 is 5.32 Å². The molecule has 3 aromatic rings. The van der Waals surface area contributed by atoms with Crippen LogP contribution in [-0.2, 0) is 6.42 Å². The number of aromatic nitrogens is 2. The molecule has 6 heteroatoms. The Hall–Kier alpha value is -2.34. The zero-order valence-electron chi connectivity index (χ0n) is 11.8. The third-order valence-corrected chi connectivity index (χ3v) is 4.86. The Morgan fingerprint density at radius 1 is 1.45 bits per heavy atom. The average Bonchev–Trinajstić information content (AvgIpc) is 3.27. The molecule has 0 saturated heterocycles. The maximum atomic E-state index is 12.4. The van der Waals surface area contributed by atoms with E-state index in [1.807, 2.05) is 23.6 Å². The molecule has 0 aliphatic heterocycles. The van der Waals surface area contributed by atoms with Gasteiger partial charge in [-0.2, -0.15) is 5.10 Å². The van der Waals surface area contributed by atoms with Crippen molar-refractivity contribution in [3.63, 3.8) is 0 Å². The second kappa shape index (κ2) is 5.46. The van der Waals surface area contributed by atoms with E-state index < -0.39 is 0 Å². The number of furan rings is 1. The third kappa shape index (κ3) is 2.35. The number of carbonyl (C=O) groups is 1. The van der Waals surface area contributed by atoms with E-state index in [2.05, 4.69) is 15.5 Å². The smallest absolute Gasteiger partial charge is 0.272 e. The summed E-state index contributed by atoms with van der Waals surface area (Å²) in [6.45, 7) is 0. The summed E-state index contributed by atoms with van der Waals surface area (Å²) in [4.78, 5) is 13.5. The van der Waals surface area contributed by atoms with Gasteiger partial charge < -0.3 is 9.73 Å². The number of aromatic amines is 1. The number of H-pyrrole nitrogens is 1. The Morgan fingerprint density at radius 2 is 2.41 bits per heavy atom. The third-order valence-electron chi connectivity index (χ3n) is 3.95. The van der Waals surface area contributed by atoms with Gasteiger partial charge in [-0.05, 0) is 36.4 Å². The van der Waals surface area contributed by atoms with Crippen LogP contribution in [0, 0.1) is 0 Å². The van der Waals surface area contributed by atoms with Crippen molar-refractivity contribution < 1.29 is 9.21 Å². The van der Waals surface area contributed by atoms with Gasteiger partial charge in [0.2, 0.25) is 0 Å². The molecule has 3 aromatic heterocycles. The van der Waals surface area contributed by atoms with Crippen molar-refractivity contribution in [1.82, 2.24) is 15.5 Å². The largest absolute Gasteiger partial charge is 0.469 e. The van der Waals surface area contributed by atoms with Gasteiger partial charge in [-0.1, -0.05) is 6.07 Å². The normalized spacial score (nSPS) is 17.2. The summed E-state index contributed by atoms with van der Waals surface area (Å²) in [5.74, 6) is 0.830. The Balaban J connectivity index is 1.52. The minimum atomic E-state index is -0.155. The van der Waals surface area contributed by atoms with Gasteiger partial charge in [-0.3, -0.25) is 9.89 Å². The average molecular weight is 313 g/mol. The molecule has 2 N–H and O–H groups in total. The number of thiophene rings is 1. The first-order valence-electron chi connectivity index (χ1n) is 7.27. The second-order valence-corrected chi connectivity index (χ2v) is 6.31. The molecule has 112 valence electrons. The quantitative estimate of drug-likeness (QED) is 0.777. The Kier molecular flexibility index (Phi) is 3.31. The van der Waals surface area contributed by atoms with E-state index in [0.717, 1.165) is 41.2 Å². The molecule has 1 atom stereocenters. The summed E-state index contributed by atoms with van der Waals surface area (Å²) in [5.41, 5.74) is 2.38. The lowest BCUT2D eigenvalue weighted by molar-refractivity contribution is 0.0927. The molecule has 4 rings (SSSR count). The molecular formula is C16H15N3O2S. The lowest BCUT2D eigenvalue weighted by Gasteiger charge is -2.22. The number of nitrogens with zero attached hydrogens (tertiary/aromatic N) is 1. The number of hydrogen-bond acceptors (Lipinski definition) is 4. The molecular weight excluding hydrogens is 298 g/mol. The summed E-state index contributed by atoms with van der Waals surface area (Å²) in [5, 5.41) is 12.1. The second-order valence-electron chi connectivity index (χ2n) is 5.36. The monoisotopic (exact) mass is 313 g/mol. The minimum Gasteiger partial charge on any atom is -0.469 e. The predicted molar refractivity (Wildman–Crippen MR) is 83.8 cm³/mol. The summed E-state index contributed by atoms with van der Waals surface area (Å²) in [6.07, 6.45) is 4.59. The molecule has 1 aliphatic carbocycles. The Labute approximate surface area is 131 Å². The van der Waals surface area contributed by atoms with Crippen LogP contribution in [0.1, 0.15) is 40.7 Å². The SMILES string of the molecule is O=C(NC1CCCc2occc21)c1cc(-c2cccs2)[nH]n1. The van der Waals surface area contributed by atoms with E-state index in [-0.39, 0.29) is 11.9 Å². The topological polar surface area (TPSA) is 70.9 Å². The van der Waals surface area contributed by atoms with E-state index in [9.17, 15) is 4.79 Å². The van der Waals surface area contributed by atoms with Crippen LogP contribution in [0.2, 0.25) is 0 Å². The standard InChI is InChI=1S/C16H15N3O2S/c20-16(13-9-12(18-19-13)15-5-2-8-22-15)17-11-3-1-4-14-10(11)6-7-21-14/h2,5-9,11H,1,3-4H2,(H,17,20)(H,18,19). The lowest BCUT2D eigenvalue weighted by atomic mass is 9.93. The van der Waals surface area contributed by atoms with E-state index in [4.69, 9.17) is 4.42 Å². The predicted octanol–water partition coefficient (Wildman–Crippen LogP) is 3.54. The molecule has 22 heavy (non-hydrogen) atoms. The van der Waals surface area contributed by atoms with Crippen LogP contribution in [0.5, 0.6) is 0 Å². The van der Waals surface area contributed by atoms with Crippen LogP contribution in [0.15, 0.2) is 40.3 Å². The highest BCUT2D eigenvalue weighted by molar-refractivity contribution is 7.13.